The van der Waals surface area contributed by atoms with Crippen LogP contribution in [0.4, 0.5) is 18.9 Å². The highest BCUT2D eigenvalue weighted by Gasteiger charge is 2.32. The Kier molecular flexibility index (Phi) is 5.92. The van der Waals surface area contributed by atoms with Gasteiger partial charge in [0.05, 0.1) is 35.3 Å². The number of anilines is 1. The number of alkyl halides is 3. The number of aromatic carboxylic acids is 1. The first-order valence-corrected chi connectivity index (χ1v) is 10.5. The number of carboxylic acid groups (broad SMARTS) is 1. The van der Waals surface area contributed by atoms with E-state index in [1.165, 1.54) is 11.8 Å². The van der Waals surface area contributed by atoms with Crippen molar-refractivity contribution in [3.63, 3.8) is 0 Å². The summed E-state index contributed by atoms with van der Waals surface area (Å²) in [6, 6.07) is 7.40. The highest BCUT2D eigenvalue weighted by Crippen LogP contribution is 2.37. The quantitative estimate of drug-likeness (QED) is 0.566. The molecule has 8 nitrogen and oxygen atoms in total. The number of methoxy groups -OCH3 is 1. The molecule has 32 heavy (non-hydrogen) atoms. The molecule has 170 valence electrons. The van der Waals surface area contributed by atoms with Crippen molar-refractivity contribution in [2.24, 2.45) is 7.05 Å². The van der Waals surface area contributed by atoms with Crippen molar-refractivity contribution in [3.05, 3.63) is 59.3 Å². The molecule has 0 aliphatic heterocycles. The van der Waals surface area contributed by atoms with Gasteiger partial charge in [0.15, 0.2) is 0 Å². The van der Waals surface area contributed by atoms with Crippen LogP contribution in [0.5, 0.6) is 5.75 Å². The third kappa shape index (κ3) is 4.54. The number of nitrogens with one attached hydrogen (secondary N) is 1. The highest BCUT2D eigenvalue weighted by molar-refractivity contribution is 7.92. The van der Waals surface area contributed by atoms with Gasteiger partial charge in [-0.3, -0.25) is 9.40 Å². The van der Waals surface area contributed by atoms with E-state index < -0.39 is 32.6 Å². The topological polar surface area (TPSA) is 111 Å². The summed E-state index contributed by atoms with van der Waals surface area (Å²) in [5.74, 6) is -1.55. The van der Waals surface area contributed by atoms with Crippen molar-refractivity contribution >= 4 is 21.7 Å². The van der Waals surface area contributed by atoms with Crippen molar-refractivity contribution < 1.29 is 36.2 Å². The van der Waals surface area contributed by atoms with Gasteiger partial charge >= 0.3 is 12.1 Å². The van der Waals surface area contributed by atoms with Crippen molar-refractivity contribution in [2.75, 3.05) is 11.8 Å². The van der Waals surface area contributed by atoms with Gasteiger partial charge in [-0.05, 0) is 43.3 Å². The molecule has 0 saturated carbocycles. The lowest BCUT2D eigenvalue weighted by Crippen LogP contribution is -2.17. The second-order valence-corrected chi connectivity index (χ2v) is 8.48. The molecule has 0 saturated heterocycles. The maximum atomic E-state index is 13.3. The average molecular weight is 469 g/mol. The number of rotatable bonds is 6. The van der Waals surface area contributed by atoms with E-state index in [0.29, 0.717) is 17.5 Å². The summed E-state index contributed by atoms with van der Waals surface area (Å²) >= 11 is 0. The first-order valence-electron chi connectivity index (χ1n) is 9.00. The van der Waals surface area contributed by atoms with Crippen molar-refractivity contribution in [1.29, 1.82) is 0 Å². The van der Waals surface area contributed by atoms with Gasteiger partial charge in [0.1, 0.15) is 10.6 Å². The van der Waals surface area contributed by atoms with Crippen LogP contribution in [-0.4, -0.2) is 36.4 Å². The van der Waals surface area contributed by atoms with Gasteiger partial charge in [0.25, 0.3) is 10.0 Å². The molecule has 12 heteroatoms. The summed E-state index contributed by atoms with van der Waals surface area (Å²) in [7, 11) is -1.80. The number of hydrogen-bond acceptors (Lipinski definition) is 5. The number of hydrogen-bond donors (Lipinski definition) is 2. The number of aromatic nitrogens is 2. The fourth-order valence-electron chi connectivity index (χ4n) is 3.11. The minimum absolute atomic E-state index is 0.151. The molecule has 0 unspecified atom stereocenters. The van der Waals surface area contributed by atoms with Crippen LogP contribution in [0.15, 0.2) is 47.4 Å². The molecule has 0 spiro atoms. The van der Waals surface area contributed by atoms with E-state index in [1.807, 2.05) is 0 Å². The molecule has 0 radical (unpaired) electrons. The Morgan fingerprint density at radius 1 is 1.16 bits per heavy atom. The zero-order valence-corrected chi connectivity index (χ0v) is 17.9. The summed E-state index contributed by atoms with van der Waals surface area (Å²) in [6.45, 7) is 1.68. The van der Waals surface area contributed by atoms with Crippen LogP contribution in [0.25, 0.3) is 11.3 Å². The Morgan fingerprint density at radius 2 is 1.84 bits per heavy atom. The van der Waals surface area contributed by atoms with Gasteiger partial charge in [-0.2, -0.15) is 18.3 Å². The van der Waals surface area contributed by atoms with Gasteiger partial charge in [-0.1, -0.05) is 6.07 Å². The lowest BCUT2D eigenvalue weighted by Gasteiger charge is -2.17. The molecule has 0 bridgehead atoms. The van der Waals surface area contributed by atoms with Crippen LogP contribution in [0, 0.1) is 6.92 Å². The SMILES string of the molecule is COc1ccc(C(=O)O)cc1S(=O)(=O)Nc1cc(C(F)(F)F)ccc1-c1cc(C)nn1C. The van der Waals surface area contributed by atoms with Crippen LogP contribution in [0.1, 0.15) is 21.6 Å². The summed E-state index contributed by atoms with van der Waals surface area (Å²) in [4.78, 5) is 10.7. The van der Waals surface area contributed by atoms with Crippen molar-refractivity contribution in [1.82, 2.24) is 9.78 Å². The molecule has 0 aliphatic rings. The first-order chi connectivity index (χ1) is 14.8. The van der Waals surface area contributed by atoms with Gasteiger partial charge in [0, 0.05) is 12.6 Å². The Bertz CT molecular complexity index is 1300. The van der Waals surface area contributed by atoms with Crippen LogP contribution >= 0.6 is 0 Å². The third-order valence-electron chi connectivity index (χ3n) is 4.57. The molecular weight excluding hydrogens is 451 g/mol. The molecule has 3 aromatic rings. The van der Waals surface area contributed by atoms with E-state index >= 15 is 0 Å². The molecule has 2 N–H and O–H groups in total. The number of nitrogens with zero attached hydrogens (tertiary/aromatic N) is 2. The summed E-state index contributed by atoms with van der Waals surface area (Å²) in [5.41, 5.74) is -0.655. The Hall–Kier alpha value is -3.54. The molecule has 0 aliphatic carbocycles. The van der Waals surface area contributed by atoms with Gasteiger partial charge in [-0.25, -0.2) is 13.2 Å². The minimum atomic E-state index is -4.72. The number of benzene rings is 2. The Labute approximate surface area is 181 Å². The van der Waals surface area contributed by atoms with Crippen LogP contribution < -0.4 is 9.46 Å². The largest absolute Gasteiger partial charge is 0.495 e. The van der Waals surface area contributed by atoms with E-state index in [4.69, 9.17) is 4.74 Å². The van der Waals surface area contributed by atoms with Crippen molar-refractivity contribution in [3.8, 4) is 17.0 Å². The summed E-state index contributed by atoms with van der Waals surface area (Å²) in [5, 5.41) is 13.3. The maximum absolute atomic E-state index is 13.3. The van der Waals surface area contributed by atoms with Gasteiger partial charge < -0.3 is 9.84 Å². The lowest BCUT2D eigenvalue weighted by molar-refractivity contribution is -0.137. The Morgan fingerprint density at radius 3 is 2.38 bits per heavy atom. The number of carboxylic acids is 1. The lowest BCUT2D eigenvalue weighted by atomic mass is 10.1. The Balaban J connectivity index is 2.20. The first kappa shape index (κ1) is 23.1. The summed E-state index contributed by atoms with van der Waals surface area (Å²) in [6.07, 6.45) is -4.72. The van der Waals surface area contributed by atoms with E-state index in [1.54, 1.807) is 20.0 Å². The molecule has 3 rings (SSSR count). The van der Waals surface area contributed by atoms with Crippen LogP contribution in [-0.2, 0) is 23.2 Å². The predicted molar refractivity (Wildman–Crippen MR) is 109 cm³/mol. The number of sulfonamides is 1. The molecule has 1 aromatic heterocycles. The van der Waals surface area contributed by atoms with Crippen LogP contribution in [0.3, 0.4) is 0 Å². The van der Waals surface area contributed by atoms with Crippen molar-refractivity contribution in [2.45, 2.75) is 18.0 Å². The highest BCUT2D eigenvalue weighted by atomic mass is 32.2. The number of carbonyl (C=O) groups is 1. The second-order valence-electron chi connectivity index (χ2n) is 6.83. The molecule has 0 atom stereocenters. The standard InChI is InChI=1S/C20H18F3N3O5S/c1-11-8-16(26(2)24-11)14-6-5-13(20(21,22)23)10-15(14)25-32(29,30)18-9-12(19(27)28)4-7-17(18)31-3/h4-10,25H,1-3H3,(H,27,28). The number of aryl methyl sites for hydroxylation is 2. The normalized spacial score (nSPS) is 11.9. The molecule has 0 amide bonds. The zero-order chi connectivity index (χ0) is 23.8. The molecule has 2 aromatic carbocycles. The smallest absolute Gasteiger partial charge is 0.416 e. The fourth-order valence-corrected chi connectivity index (χ4v) is 4.38. The third-order valence-corrected chi connectivity index (χ3v) is 5.96. The number of halogens is 3. The zero-order valence-electron chi connectivity index (χ0n) is 17.1. The van der Waals surface area contributed by atoms with Crippen LogP contribution in [0.2, 0.25) is 0 Å². The molecule has 1 heterocycles. The summed E-state index contributed by atoms with van der Waals surface area (Å²) < 4.78 is 74.7. The monoisotopic (exact) mass is 469 g/mol. The minimum Gasteiger partial charge on any atom is -0.495 e. The number of ether oxygens (including phenoxy) is 1. The van der Waals surface area contributed by atoms with Gasteiger partial charge in [-0.15, -0.1) is 0 Å². The van der Waals surface area contributed by atoms with E-state index in [-0.39, 0.29) is 22.6 Å². The second kappa shape index (κ2) is 8.19. The predicted octanol–water partition coefficient (Wildman–Crippen LogP) is 3.92. The fraction of sp³-hybridized carbons (Fsp3) is 0.200. The van der Waals surface area contributed by atoms with Gasteiger partial charge in [0.2, 0.25) is 0 Å². The van der Waals surface area contributed by atoms with E-state index in [2.05, 4.69) is 9.82 Å². The van der Waals surface area contributed by atoms with E-state index in [0.717, 1.165) is 30.3 Å². The van der Waals surface area contributed by atoms with E-state index in [9.17, 15) is 31.5 Å². The maximum Gasteiger partial charge on any atom is 0.416 e. The molecular formula is C20H18F3N3O5S. The average Bonchev–Trinajstić information content (AvgIpc) is 3.04. The molecule has 0 fully saturated rings.